The molecule has 88 valence electrons. The molecular formula is C10H20N2O2S. The molecular weight excluding hydrogens is 212 g/mol. The fraction of sp³-hybridized carbons (Fsp3) is 0.800. The molecule has 0 aliphatic carbocycles. The lowest BCUT2D eigenvalue weighted by Crippen LogP contribution is -2.51. The van der Waals surface area contributed by atoms with E-state index in [9.17, 15) is 8.42 Å². The smallest absolute Gasteiger partial charge is 0.265 e. The second kappa shape index (κ2) is 4.04. The largest absolute Gasteiger partial charge is 0.357 e. The predicted molar refractivity (Wildman–Crippen MR) is 61.5 cm³/mol. The van der Waals surface area contributed by atoms with Crippen LogP contribution in [0.15, 0.2) is 10.7 Å². The van der Waals surface area contributed by atoms with Crippen LogP contribution in [0.3, 0.4) is 0 Å². The first-order chi connectivity index (χ1) is 6.87. The molecule has 1 aliphatic rings. The molecule has 15 heavy (non-hydrogen) atoms. The van der Waals surface area contributed by atoms with Gasteiger partial charge >= 0.3 is 0 Å². The summed E-state index contributed by atoms with van der Waals surface area (Å²) in [4.78, 5) is 2.58. The van der Waals surface area contributed by atoms with E-state index < -0.39 is 10.0 Å². The molecule has 1 rings (SSSR count). The minimum Gasteiger partial charge on any atom is -0.357 e. The zero-order chi connectivity index (χ0) is 11.8. The van der Waals surface area contributed by atoms with Crippen molar-refractivity contribution in [2.75, 3.05) is 13.1 Å². The summed E-state index contributed by atoms with van der Waals surface area (Å²) in [6, 6.07) is -0.00528. The normalized spacial score (nSPS) is 19.5. The van der Waals surface area contributed by atoms with E-state index in [0.29, 0.717) is 4.91 Å². The monoisotopic (exact) mass is 232 g/mol. The van der Waals surface area contributed by atoms with E-state index >= 15 is 0 Å². The van der Waals surface area contributed by atoms with Crippen LogP contribution >= 0.6 is 0 Å². The fourth-order valence-electron chi connectivity index (χ4n) is 1.90. The van der Waals surface area contributed by atoms with Crippen LogP contribution in [0.1, 0.15) is 34.6 Å². The van der Waals surface area contributed by atoms with Crippen LogP contribution in [0.5, 0.6) is 0 Å². The summed E-state index contributed by atoms with van der Waals surface area (Å²) in [5.41, 5.74) is 0. The van der Waals surface area contributed by atoms with Gasteiger partial charge in [0.25, 0.3) is 10.0 Å². The third-order valence-electron chi connectivity index (χ3n) is 2.70. The van der Waals surface area contributed by atoms with Crippen molar-refractivity contribution in [3.05, 3.63) is 10.7 Å². The van der Waals surface area contributed by atoms with Crippen molar-refractivity contribution >= 4 is 10.0 Å². The molecule has 0 amide bonds. The first kappa shape index (κ1) is 12.4. The molecule has 0 radical (unpaired) electrons. The van der Waals surface area contributed by atoms with E-state index in [0.717, 1.165) is 18.9 Å². The molecule has 0 aromatic carbocycles. The van der Waals surface area contributed by atoms with Crippen LogP contribution in [0.2, 0.25) is 0 Å². The van der Waals surface area contributed by atoms with E-state index in [4.69, 9.17) is 0 Å². The molecule has 0 unspecified atom stereocenters. The highest BCUT2D eigenvalue weighted by molar-refractivity contribution is 7.94. The van der Waals surface area contributed by atoms with Crippen LogP contribution in [0.4, 0.5) is 0 Å². The first-order valence-corrected chi connectivity index (χ1v) is 6.82. The lowest BCUT2D eigenvalue weighted by molar-refractivity contribution is 0.250. The second-order valence-corrected chi connectivity index (χ2v) is 5.90. The lowest BCUT2D eigenvalue weighted by atomic mass is 10.3. The molecule has 0 N–H and O–H groups in total. The Morgan fingerprint density at radius 2 is 1.73 bits per heavy atom. The minimum atomic E-state index is -3.14. The summed E-state index contributed by atoms with van der Waals surface area (Å²) in [5.74, 6) is 0.870. The molecule has 0 aromatic heterocycles. The lowest BCUT2D eigenvalue weighted by Gasteiger charge is -2.44. The van der Waals surface area contributed by atoms with Gasteiger partial charge in [-0.25, -0.2) is 12.7 Å². The van der Waals surface area contributed by atoms with Crippen molar-refractivity contribution in [3.63, 3.8) is 0 Å². The van der Waals surface area contributed by atoms with Crippen LogP contribution < -0.4 is 0 Å². The first-order valence-electron chi connectivity index (χ1n) is 5.38. The van der Waals surface area contributed by atoms with Crippen LogP contribution in [-0.4, -0.2) is 36.8 Å². The predicted octanol–water partition coefficient (Wildman–Crippen LogP) is 1.57. The Morgan fingerprint density at radius 1 is 1.27 bits per heavy atom. The summed E-state index contributed by atoms with van der Waals surface area (Å²) < 4.78 is 25.1. The van der Waals surface area contributed by atoms with Gasteiger partial charge in [-0.2, -0.15) is 0 Å². The standard InChI is InChI=1S/C10H20N2O2S/c1-6-11(7-2)10-9(5)15(13,14)12(10)8(3)4/h8H,6-7H2,1-5H3. The van der Waals surface area contributed by atoms with E-state index in [2.05, 4.69) is 4.90 Å². The van der Waals surface area contributed by atoms with Crippen molar-refractivity contribution < 1.29 is 8.42 Å². The van der Waals surface area contributed by atoms with Gasteiger partial charge in [-0.3, -0.25) is 0 Å². The maximum atomic E-state index is 11.8. The quantitative estimate of drug-likeness (QED) is 0.738. The molecule has 4 nitrogen and oxygen atoms in total. The Hall–Kier alpha value is -0.710. The summed E-state index contributed by atoms with van der Waals surface area (Å²) in [7, 11) is -3.14. The zero-order valence-corrected chi connectivity index (χ0v) is 10.9. The van der Waals surface area contributed by atoms with Gasteiger partial charge in [-0.05, 0) is 34.6 Å². The minimum absolute atomic E-state index is 0.00528. The third kappa shape index (κ3) is 1.73. The molecule has 5 heteroatoms. The summed E-state index contributed by atoms with van der Waals surface area (Å²) in [5, 5.41) is 0. The molecule has 0 bridgehead atoms. The summed E-state index contributed by atoms with van der Waals surface area (Å²) >= 11 is 0. The van der Waals surface area contributed by atoms with E-state index in [1.807, 2.05) is 27.7 Å². The van der Waals surface area contributed by atoms with E-state index in [1.165, 1.54) is 4.31 Å². The highest BCUT2D eigenvalue weighted by atomic mass is 32.2. The molecule has 1 aliphatic heterocycles. The fourth-order valence-corrected chi connectivity index (χ4v) is 3.56. The number of nitrogens with zero attached hydrogens (tertiary/aromatic N) is 2. The number of sulfonamides is 1. The van der Waals surface area contributed by atoms with E-state index in [1.54, 1.807) is 6.92 Å². The van der Waals surface area contributed by atoms with Crippen molar-refractivity contribution in [2.45, 2.75) is 40.7 Å². The molecule has 0 saturated heterocycles. The average molecular weight is 232 g/mol. The van der Waals surface area contributed by atoms with Gasteiger partial charge in [-0.15, -0.1) is 0 Å². The topological polar surface area (TPSA) is 40.6 Å². The highest BCUT2D eigenvalue weighted by Gasteiger charge is 2.43. The molecule has 0 saturated carbocycles. The average Bonchev–Trinajstić information content (AvgIpc) is 2.16. The van der Waals surface area contributed by atoms with Gasteiger partial charge in [0, 0.05) is 19.1 Å². The van der Waals surface area contributed by atoms with Crippen molar-refractivity contribution in [2.24, 2.45) is 0 Å². The SMILES string of the molecule is CCN(CC)C1=C(C)S(=O)(=O)N1C(C)C. The Labute approximate surface area is 92.6 Å². The Morgan fingerprint density at radius 3 is 2.07 bits per heavy atom. The Kier molecular flexibility index (Phi) is 3.33. The molecule has 1 heterocycles. The van der Waals surface area contributed by atoms with Gasteiger partial charge < -0.3 is 4.90 Å². The summed E-state index contributed by atoms with van der Waals surface area (Å²) in [6.45, 7) is 11.2. The maximum Gasteiger partial charge on any atom is 0.265 e. The number of hydrogen-bond donors (Lipinski definition) is 0. The number of hydrogen-bond acceptors (Lipinski definition) is 3. The summed E-state index contributed by atoms with van der Waals surface area (Å²) in [6.07, 6.45) is 0. The zero-order valence-electron chi connectivity index (χ0n) is 10.1. The Balaban J connectivity index is 3.13. The van der Waals surface area contributed by atoms with Gasteiger partial charge in [0.15, 0.2) is 0 Å². The van der Waals surface area contributed by atoms with Crippen molar-refractivity contribution in [1.29, 1.82) is 0 Å². The number of allylic oxidation sites excluding steroid dienone is 1. The Bertz CT molecular complexity index is 367. The molecule has 0 spiro atoms. The third-order valence-corrected chi connectivity index (χ3v) is 4.77. The van der Waals surface area contributed by atoms with Crippen LogP contribution in [-0.2, 0) is 10.0 Å². The van der Waals surface area contributed by atoms with Crippen LogP contribution in [0, 0.1) is 0 Å². The van der Waals surface area contributed by atoms with Gasteiger partial charge in [-0.1, -0.05) is 0 Å². The van der Waals surface area contributed by atoms with Crippen LogP contribution in [0.25, 0.3) is 0 Å². The molecule has 0 aromatic rings. The highest BCUT2D eigenvalue weighted by Crippen LogP contribution is 2.36. The molecule has 0 fully saturated rings. The van der Waals surface area contributed by atoms with Gasteiger partial charge in [0.1, 0.15) is 10.7 Å². The maximum absolute atomic E-state index is 11.8. The van der Waals surface area contributed by atoms with E-state index in [-0.39, 0.29) is 6.04 Å². The second-order valence-electron chi connectivity index (χ2n) is 3.95. The van der Waals surface area contributed by atoms with Crippen molar-refractivity contribution in [3.8, 4) is 0 Å². The van der Waals surface area contributed by atoms with Crippen molar-refractivity contribution in [1.82, 2.24) is 9.21 Å². The van der Waals surface area contributed by atoms with Gasteiger partial charge in [0.2, 0.25) is 0 Å². The number of rotatable bonds is 4. The van der Waals surface area contributed by atoms with Gasteiger partial charge in [0.05, 0.1) is 0 Å². The molecule has 0 atom stereocenters.